The van der Waals surface area contributed by atoms with Crippen molar-refractivity contribution in [3.63, 3.8) is 0 Å². The van der Waals surface area contributed by atoms with Crippen molar-refractivity contribution >= 4 is 11.0 Å². The van der Waals surface area contributed by atoms with Crippen molar-refractivity contribution in [1.82, 2.24) is 19.7 Å². The molecule has 1 aliphatic rings. The van der Waals surface area contributed by atoms with E-state index in [9.17, 15) is 15.0 Å². The molecule has 3 heterocycles. The van der Waals surface area contributed by atoms with E-state index in [1.807, 2.05) is 30.3 Å². The molecule has 0 unspecified atom stereocenters. The Labute approximate surface area is 147 Å². The van der Waals surface area contributed by atoms with Crippen molar-refractivity contribution < 1.29 is 19.7 Å². The molecule has 0 aliphatic carbocycles. The van der Waals surface area contributed by atoms with E-state index < -0.39 is 24.5 Å². The number of ether oxygens (including phenoxy) is 2. The second-order valence-corrected chi connectivity index (χ2v) is 6.06. The minimum absolute atomic E-state index is 0.258. The number of aromatic amines is 1. The Morgan fingerprint density at radius 1 is 1.31 bits per heavy atom. The molecule has 1 saturated heterocycles. The number of aliphatic hydroxyl groups excluding tert-OH is 2. The van der Waals surface area contributed by atoms with Crippen LogP contribution in [0.3, 0.4) is 0 Å². The van der Waals surface area contributed by atoms with Crippen LogP contribution in [0.2, 0.25) is 0 Å². The third-order valence-corrected chi connectivity index (χ3v) is 4.42. The number of hydrogen-bond acceptors (Lipinski definition) is 7. The van der Waals surface area contributed by atoms with Crippen LogP contribution in [0.4, 0.5) is 0 Å². The molecule has 0 radical (unpaired) electrons. The highest BCUT2D eigenvalue weighted by molar-refractivity contribution is 5.72. The van der Waals surface area contributed by atoms with Crippen molar-refractivity contribution in [2.45, 2.75) is 31.1 Å². The third-order valence-electron chi connectivity index (χ3n) is 4.42. The Morgan fingerprint density at radius 3 is 2.88 bits per heavy atom. The van der Waals surface area contributed by atoms with Gasteiger partial charge in [0.15, 0.2) is 11.9 Å². The molecule has 9 heteroatoms. The highest BCUT2D eigenvalue weighted by Crippen LogP contribution is 2.33. The van der Waals surface area contributed by atoms with Gasteiger partial charge >= 0.3 is 0 Å². The molecule has 4 atom stereocenters. The Balaban J connectivity index is 1.65. The van der Waals surface area contributed by atoms with Gasteiger partial charge in [-0.15, -0.1) is 0 Å². The van der Waals surface area contributed by atoms with E-state index in [4.69, 9.17) is 9.47 Å². The molecular formula is C17H18N4O5. The van der Waals surface area contributed by atoms with E-state index in [0.717, 1.165) is 5.56 Å². The van der Waals surface area contributed by atoms with Gasteiger partial charge in [0.2, 0.25) is 0 Å². The van der Waals surface area contributed by atoms with Crippen LogP contribution < -0.4 is 5.56 Å². The summed E-state index contributed by atoms with van der Waals surface area (Å²) in [6.07, 6.45) is -0.805. The van der Waals surface area contributed by atoms with Crippen molar-refractivity contribution in [3.8, 4) is 0 Å². The Hall–Kier alpha value is -2.59. The number of rotatable bonds is 5. The van der Waals surface area contributed by atoms with E-state index in [0.29, 0.717) is 11.0 Å². The van der Waals surface area contributed by atoms with Gasteiger partial charge in [0.1, 0.15) is 23.7 Å². The number of benzene rings is 1. The predicted molar refractivity (Wildman–Crippen MR) is 90.2 cm³/mol. The Kier molecular flexibility index (Phi) is 4.51. The molecule has 0 bridgehead atoms. The summed E-state index contributed by atoms with van der Waals surface area (Å²) in [5, 5.41) is 24.4. The minimum atomic E-state index is -1.05. The number of hydrogen-bond donors (Lipinski definition) is 3. The number of aromatic nitrogens is 4. The van der Waals surface area contributed by atoms with E-state index in [1.54, 1.807) is 0 Å². The molecule has 136 valence electrons. The van der Waals surface area contributed by atoms with Gasteiger partial charge in [-0.1, -0.05) is 30.3 Å². The second-order valence-electron chi connectivity index (χ2n) is 6.06. The lowest BCUT2D eigenvalue weighted by Crippen LogP contribution is -2.35. The molecule has 4 rings (SSSR count). The SMILES string of the molecule is O=c1[nH]cnc2c1cnn2[C@@H]1O[C@H](CO)[C@@H](O)[C@H]1OCc1ccccc1. The number of aliphatic hydroxyl groups is 2. The highest BCUT2D eigenvalue weighted by atomic mass is 16.6. The average molecular weight is 358 g/mol. The first-order valence-corrected chi connectivity index (χ1v) is 8.20. The lowest BCUT2D eigenvalue weighted by molar-refractivity contribution is -0.0812. The maximum absolute atomic E-state index is 11.9. The van der Waals surface area contributed by atoms with E-state index in [1.165, 1.54) is 17.2 Å². The summed E-state index contributed by atoms with van der Waals surface area (Å²) < 4.78 is 13.0. The van der Waals surface area contributed by atoms with Gasteiger partial charge in [-0.25, -0.2) is 9.67 Å². The molecule has 1 fully saturated rings. The maximum atomic E-state index is 11.9. The lowest BCUT2D eigenvalue weighted by atomic mass is 10.1. The highest BCUT2D eigenvalue weighted by Gasteiger charge is 2.46. The summed E-state index contributed by atoms with van der Waals surface area (Å²) in [6.45, 7) is -0.107. The van der Waals surface area contributed by atoms with Crippen LogP contribution >= 0.6 is 0 Å². The Morgan fingerprint density at radius 2 is 2.12 bits per heavy atom. The molecule has 3 N–H and O–H groups in total. The zero-order valence-corrected chi connectivity index (χ0v) is 13.7. The van der Waals surface area contributed by atoms with Gasteiger partial charge < -0.3 is 24.7 Å². The van der Waals surface area contributed by atoms with Crippen LogP contribution in [-0.2, 0) is 16.1 Å². The van der Waals surface area contributed by atoms with Crippen molar-refractivity contribution in [2.75, 3.05) is 6.61 Å². The maximum Gasteiger partial charge on any atom is 0.261 e. The van der Waals surface area contributed by atoms with Gasteiger partial charge in [0, 0.05) is 0 Å². The molecule has 0 saturated carbocycles. The fourth-order valence-corrected chi connectivity index (χ4v) is 3.07. The topological polar surface area (TPSA) is 122 Å². The van der Waals surface area contributed by atoms with Gasteiger partial charge in [0.25, 0.3) is 5.56 Å². The average Bonchev–Trinajstić information content (AvgIpc) is 3.23. The van der Waals surface area contributed by atoms with E-state index >= 15 is 0 Å². The number of nitrogens with zero attached hydrogens (tertiary/aromatic N) is 3. The van der Waals surface area contributed by atoms with E-state index in [2.05, 4.69) is 15.1 Å². The first-order chi connectivity index (χ1) is 12.7. The first kappa shape index (κ1) is 16.9. The number of nitrogens with one attached hydrogen (secondary N) is 1. The van der Waals surface area contributed by atoms with Gasteiger partial charge in [-0.2, -0.15) is 5.10 Å². The van der Waals surface area contributed by atoms with Crippen molar-refractivity contribution in [1.29, 1.82) is 0 Å². The van der Waals surface area contributed by atoms with Crippen LogP contribution in [0.15, 0.2) is 47.7 Å². The molecule has 9 nitrogen and oxygen atoms in total. The number of H-pyrrole nitrogens is 1. The largest absolute Gasteiger partial charge is 0.394 e. The smallest absolute Gasteiger partial charge is 0.261 e. The van der Waals surface area contributed by atoms with Crippen LogP contribution in [0.5, 0.6) is 0 Å². The molecule has 0 spiro atoms. The standard InChI is InChI=1S/C17H18N4O5/c22-7-12-13(23)14(25-8-10-4-2-1-3-5-10)17(26-12)21-15-11(6-20-21)16(24)19-9-18-15/h1-6,9,12-14,17,22-23H,7-8H2,(H,18,19,24)/t12-,13-,14-,17-/m1/s1. The molecule has 1 aromatic carbocycles. The zero-order valence-electron chi connectivity index (χ0n) is 13.7. The minimum Gasteiger partial charge on any atom is -0.394 e. The van der Waals surface area contributed by atoms with Crippen LogP contribution in [-0.4, -0.2) is 54.9 Å². The normalized spacial score (nSPS) is 25.8. The molecule has 2 aromatic heterocycles. The fraction of sp³-hybridized carbons (Fsp3) is 0.353. The number of fused-ring (bicyclic) bond motifs is 1. The van der Waals surface area contributed by atoms with Crippen molar-refractivity contribution in [3.05, 3.63) is 58.8 Å². The molecular weight excluding hydrogens is 340 g/mol. The summed E-state index contributed by atoms with van der Waals surface area (Å²) >= 11 is 0. The fourth-order valence-electron chi connectivity index (χ4n) is 3.07. The summed E-state index contributed by atoms with van der Waals surface area (Å²) in [5.74, 6) is 0. The zero-order chi connectivity index (χ0) is 18.1. The molecule has 1 aliphatic heterocycles. The summed E-state index contributed by atoms with van der Waals surface area (Å²) in [5.41, 5.74) is 0.934. The summed E-state index contributed by atoms with van der Waals surface area (Å²) in [4.78, 5) is 18.5. The molecule has 3 aromatic rings. The van der Waals surface area contributed by atoms with Gasteiger partial charge in [-0.05, 0) is 5.56 Å². The van der Waals surface area contributed by atoms with Crippen LogP contribution in [0.1, 0.15) is 11.8 Å². The summed E-state index contributed by atoms with van der Waals surface area (Å²) in [7, 11) is 0. The van der Waals surface area contributed by atoms with Gasteiger partial charge in [0.05, 0.1) is 25.7 Å². The monoisotopic (exact) mass is 358 g/mol. The van der Waals surface area contributed by atoms with Gasteiger partial charge in [-0.3, -0.25) is 4.79 Å². The lowest BCUT2D eigenvalue weighted by Gasteiger charge is -2.21. The first-order valence-electron chi connectivity index (χ1n) is 8.20. The van der Waals surface area contributed by atoms with Crippen LogP contribution in [0.25, 0.3) is 11.0 Å². The summed E-state index contributed by atoms with van der Waals surface area (Å²) in [6, 6.07) is 9.51. The van der Waals surface area contributed by atoms with E-state index in [-0.39, 0.29) is 18.8 Å². The van der Waals surface area contributed by atoms with Crippen molar-refractivity contribution in [2.24, 2.45) is 0 Å². The Bertz CT molecular complexity index is 941. The predicted octanol–water partition coefficient (Wildman–Crippen LogP) is -0.0444. The molecule has 26 heavy (non-hydrogen) atoms. The molecule has 0 amide bonds. The third kappa shape index (κ3) is 2.90. The quantitative estimate of drug-likeness (QED) is 0.585. The second kappa shape index (κ2) is 6.96. The van der Waals surface area contributed by atoms with Crippen LogP contribution in [0, 0.1) is 0 Å².